The van der Waals surface area contributed by atoms with Crippen molar-refractivity contribution in [3.05, 3.63) is 0 Å². The third-order valence-electron chi connectivity index (χ3n) is 4.18. The molecular formula is C14H26O2. The van der Waals surface area contributed by atoms with Crippen LogP contribution in [0.3, 0.4) is 0 Å². The van der Waals surface area contributed by atoms with Crippen LogP contribution in [0.1, 0.15) is 65.7 Å². The Morgan fingerprint density at radius 2 is 2.19 bits per heavy atom. The Balaban J connectivity index is 2.51. The van der Waals surface area contributed by atoms with Crippen LogP contribution in [-0.2, 0) is 4.79 Å². The molecule has 16 heavy (non-hydrogen) atoms. The first-order valence-corrected chi connectivity index (χ1v) is 6.73. The molecule has 0 amide bonds. The fraction of sp³-hybridized carbons (Fsp3) is 0.929. The molecule has 2 unspecified atom stereocenters. The summed E-state index contributed by atoms with van der Waals surface area (Å²) < 4.78 is 0. The second-order valence-electron chi connectivity index (χ2n) is 5.89. The van der Waals surface area contributed by atoms with Gasteiger partial charge in [-0.1, -0.05) is 40.0 Å². The summed E-state index contributed by atoms with van der Waals surface area (Å²) in [5.41, 5.74) is -0.379. The highest BCUT2D eigenvalue weighted by atomic mass is 16.4. The number of carbonyl (C=O) groups is 1. The Hall–Kier alpha value is -0.530. The SMILES string of the molecule is CCC1CCC(CCCC(C)C)(C(=O)O)C1. The normalized spacial score (nSPS) is 29.9. The predicted octanol–water partition coefficient (Wildman–Crippen LogP) is 4.09. The fourth-order valence-corrected chi connectivity index (χ4v) is 2.96. The first kappa shape index (κ1) is 13.5. The average molecular weight is 226 g/mol. The molecule has 0 aliphatic heterocycles. The van der Waals surface area contributed by atoms with Gasteiger partial charge >= 0.3 is 5.97 Å². The van der Waals surface area contributed by atoms with Crippen LogP contribution in [0.5, 0.6) is 0 Å². The van der Waals surface area contributed by atoms with Gasteiger partial charge in [-0.05, 0) is 37.5 Å². The van der Waals surface area contributed by atoms with Crippen molar-refractivity contribution in [2.24, 2.45) is 17.3 Å². The lowest BCUT2D eigenvalue weighted by Crippen LogP contribution is -2.28. The molecule has 1 N–H and O–H groups in total. The maximum atomic E-state index is 11.5. The summed E-state index contributed by atoms with van der Waals surface area (Å²) in [6, 6.07) is 0. The van der Waals surface area contributed by atoms with E-state index in [9.17, 15) is 9.90 Å². The minimum atomic E-state index is -0.549. The van der Waals surface area contributed by atoms with Gasteiger partial charge in [0.05, 0.1) is 5.41 Å². The number of carboxylic acid groups (broad SMARTS) is 1. The second-order valence-corrected chi connectivity index (χ2v) is 5.89. The molecule has 0 aromatic heterocycles. The lowest BCUT2D eigenvalue weighted by atomic mass is 9.79. The standard InChI is InChI=1S/C14H26O2/c1-4-12-7-9-14(10-12,13(15)16)8-5-6-11(2)3/h11-12H,4-10H2,1-3H3,(H,15,16). The van der Waals surface area contributed by atoms with Crippen molar-refractivity contribution in [3.8, 4) is 0 Å². The van der Waals surface area contributed by atoms with Crippen molar-refractivity contribution in [2.45, 2.75) is 65.7 Å². The minimum absolute atomic E-state index is 0.379. The summed E-state index contributed by atoms with van der Waals surface area (Å²) in [4.78, 5) is 11.5. The van der Waals surface area contributed by atoms with E-state index in [1.165, 1.54) is 0 Å². The highest BCUT2D eigenvalue weighted by Gasteiger charge is 2.44. The maximum Gasteiger partial charge on any atom is 0.309 e. The topological polar surface area (TPSA) is 37.3 Å². The van der Waals surface area contributed by atoms with Crippen LogP contribution in [0.2, 0.25) is 0 Å². The number of hydrogen-bond acceptors (Lipinski definition) is 1. The highest BCUT2D eigenvalue weighted by molar-refractivity contribution is 5.75. The van der Waals surface area contributed by atoms with Crippen LogP contribution in [0.4, 0.5) is 0 Å². The van der Waals surface area contributed by atoms with Crippen molar-refractivity contribution in [2.75, 3.05) is 0 Å². The lowest BCUT2D eigenvalue weighted by Gasteiger charge is -2.24. The zero-order valence-electron chi connectivity index (χ0n) is 11.0. The molecule has 0 bridgehead atoms. The van der Waals surface area contributed by atoms with E-state index >= 15 is 0 Å². The lowest BCUT2D eigenvalue weighted by molar-refractivity contribution is -0.149. The van der Waals surface area contributed by atoms with E-state index in [0.29, 0.717) is 11.8 Å². The summed E-state index contributed by atoms with van der Waals surface area (Å²) in [7, 11) is 0. The smallest absolute Gasteiger partial charge is 0.309 e. The molecule has 0 heterocycles. The van der Waals surface area contributed by atoms with E-state index in [1.807, 2.05) is 0 Å². The first-order chi connectivity index (χ1) is 7.50. The molecule has 1 aliphatic carbocycles. The maximum absolute atomic E-state index is 11.5. The van der Waals surface area contributed by atoms with Gasteiger partial charge in [-0.3, -0.25) is 4.79 Å². The molecular weight excluding hydrogens is 200 g/mol. The second kappa shape index (κ2) is 5.70. The number of carboxylic acids is 1. The summed E-state index contributed by atoms with van der Waals surface area (Å²) in [5, 5.41) is 9.44. The van der Waals surface area contributed by atoms with E-state index in [0.717, 1.165) is 44.9 Å². The monoisotopic (exact) mass is 226 g/mol. The van der Waals surface area contributed by atoms with Gasteiger partial charge in [0.1, 0.15) is 0 Å². The Labute approximate surface area is 99.4 Å². The quantitative estimate of drug-likeness (QED) is 0.740. The number of rotatable bonds is 6. The molecule has 0 saturated heterocycles. The molecule has 2 atom stereocenters. The molecule has 2 nitrogen and oxygen atoms in total. The van der Waals surface area contributed by atoms with Gasteiger partial charge in [-0.25, -0.2) is 0 Å². The summed E-state index contributed by atoms with van der Waals surface area (Å²) in [6.07, 6.45) is 7.18. The molecule has 1 rings (SSSR count). The van der Waals surface area contributed by atoms with Gasteiger partial charge in [0.25, 0.3) is 0 Å². The van der Waals surface area contributed by atoms with Gasteiger partial charge < -0.3 is 5.11 Å². The van der Waals surface area contributed by atoms with Crippen molar-refractivity contribution >= 4 is 5.97 Å². The van der Waals surface area contributed by atoms with Crippen LogP contribution in [-0.4, -0.2) is 11.1 Å². The van der Waals surface area contributed by atoms with Crippen molar-refractivity contribution in [1.29, 1.82) is 0 Å². The van der Waals surface area contributed by atoms with E-state index in [4.69, 9.17) is 0 Å². The Kier molecular flexibility index (Phi) is 4.82. The first-order valence-electron chi connectivity index (χ1n) is 6.73. The Morgan fingerprint density at radius 1 is 1.50 bits per heavy atom. The number of aliphatic carboxylic acids is 1. The van der Waals surface area contributed by atoms with E-state index in [2.05, 4.69) is 20.8 Å². The molecule has 1 aliphatic rings. The van der Waals surface area contributed by atoms with Crippen LogP contribution in [0, 0.1) is 17.3 Å². The van der Waals surface area contributed by atoms with Gasteiger partial charge in [-0.2, -0.15) is 0 Å². The van der Waals surface area contributed by atoms with Crippen molar-refractivity contribution in [1.82, 2.24) is 0 Å². The fourth-order valence-electron chi connectivity index (χ4n) is 2.96. The van der Waals surface area contributed by atoms with E-state index in [1.54, 1.807) is 0 Å². The van der Waals surface area contributed by atoms with Crippen LogP contribution in [0.25, 0.3) is 0 Å². The summed E-state index contributed by atoms with van der Waals surface area (Å²) in [5.74, 6) is 0.788. The van der Waals surface area contributed by atoms with Crippen LogP contribution < -0.4 is 0 Å². The molecule has 0 radical (unpaired) electrons. The molecule has 94 valence electrons. The Bertz CT molecular complexity index is 235. The van der Waals surface area contributed by atoms with E-state index in [-0.39, 0.29) is 5.41 Å². The van der Waals surface area contributed by atoms with Crippen molar-refractivity contribution in [3.63, 3.8) is 0 Å². The minimum Gasteiger partial charge on any atom is -0.481 e. The zero-order chi connectivity index (χ0) is 12.2. The third-order valence-corrected chi connectivity index (χ3v) is 4.18. The van der Waals surface area contributed by atoms with Crippen LogP contribution >= 0.6 is 0 Å². The molecule has 2 heteroatoms. The van der Waals surface area contributed by atoms with Gasteiger partial charge in [-0.15, -0.1) is 0 Å². The molecule has 0 spiro atoms. The molecule has 1 saturated carbocycles. The van der Waals surface area contributed by atoms with Crippen LogP contribution in [0.15, 0.2) is 0 Å². The molecule has 0 aromatic carbocycles. The average Bonchev–Trinajstić information content (AvgIpc) is 2.62. The zero-order valence-corrected chi connectivity index (χ0v) is 11.0. The number of hydrogen-bond donors (Lipinski definition) is 1. The Morgan fingerprint density at radius 3 is 2.62 bits per heavy atom. The molecule has 1 fully saturated rings. The van der Waals surface area contributed by atoms with Gasteiger partial charge in [0.15, 0.2) is 0 Å². The van der Waals surface area contributed by atoms with Gasteiger partial charge in [0.2, 0.25) is 0 Å². The summed E-state index contributed by atoms with van der Waals surface area (Å²) >= 11 is 0. The highest BCUT2D eigenvalue weighted by Crippen LogP contribution is 2.46. The van der Waals surface area contributed by atoms with Gasteiger partial charge in [0, 0.05) is 0 Å². The predicted molar refractivity (Wildman–Crippen MR) is 66.4 cm³/mol. The molecule has 0 aromatic rings. The summed E-state index contributed by atoms with van der Waals surface area (Å²) in [6.45, 7) is 6.59. The van der Waals surface area contributed by atoms with E-state index < -0.39 is 5.97 Å². The third kappa shape index (κ3) is 3.23. The largest absolute Gasteiger partial charge is 0.481 e. The van der Waals surface area contributed by atoms with Crippen molar-refractivity contribution < 1.29 is 9.90 Å².